The Morgan fingerprint density at radius 2 is 0.929 bits per heavy atom. The predicted octanol–water partition coefficient (Wildman–Crippen LogP) is 6.05. The largest absolute Gasteiger partial charge is 0.344 e. The maximum absolute atomic E-state index is 2.34. The van der Waals surface area contributed by atoms with Gasteiger partial charge in [0, 0.05) is 18.4 Å². The molecule has 1 spiro atoms. The quantitative estimate of drug-likeness (QED) is 0.325. The predicted molar refractivity (Wildman–Crippen MR) is 116 cm³/mol. The molecule has 2 aliphatic rings. The first-order valence-corrected chi connectivity index (χ1v) is 9.91. The minimum Gasteiger partial charge on any atom is -0.344 e. The standard InChI is InChI=1S/C27H21N/c1-28-25-16-8-6-14-23(25)27(24-15-7-9-17-26(24)28)21-12-4-2-10-19(21)18-20-11-3-5-13-22(20)27/h2-17H,18H2,1H3. The van der Waals surface area contributed by atoms with E-state index in [0.717, 1.165) is 6.42 Å². The van der Waals surface area contributed by atoms with Crippen molar-refractivity contribution < 1.29 is 0 Å². The van der Waals surface area contributed by atoms with Gasteiger partial charge in [0.2, 0.25) is 0 Å². The number of hydrogen-bond donors (Lipinski definition) is 0. The Kier molecular flexibility index (Phi) is 3.14. The van der Waals surface area contributed by atoms with Gasteiger partial charge in [-0.3, -0.25) is 0 Å². The van der Waals surface area contributed by atoms with Crippen LogP contribution in [0.15, 0.2) is 97.1 Å². The van der Waals surface area contributed by atoms with Crippen molar-refractivity contribution in [2.24, 2.45) is 0 Å². The minimum atomic E-state index is -0.273. The molecule has 0 atom stereocenters. The van der Waals surface area contributed by atoms with Gasteiger partial charge < -0.3 is 4.90 Å². The van der Waals surface area contributed by atoms with E-state index < -0.39 is 0 Å². The number of rotatable bonds is 0. The van der Waals surface area contributed by atoms with Crippen LogP contribution in [0.1, 0.15) is 33.4 Å². The third-order valence-electron chi connectivity index (χ3n) is 6.56. The second-order valence-corrected chi connectivity index (χ2v) is 7.83. The number of nitrogens with zero attached hydrogens (tertiary/aromatic N) is 1. The van der Waals surface area contributed by atoms with Gasteiger partial charge in [0.05, 0.1) is 5.41 Å². The van der Waals surface area contributed by atoms with E-state index in [9.17, 15) is 0 Å². The number of para-hydroxylation sites is 2. The number of hydrogen-bond acceptors (Lipinski definition) is 1. The summed E-state index contributed by atoms with van der Waals surface area (Å²) in [6, 6.07) is 35.8. The zero-order valence-corrected chi connectivity index (χ0v) is 15.9. The fourth-order valence-electron chi connectivity index (χ4n) is 5.45. The highest BCUT2D eigenvalue weighted by Crippen LogP contribution is 2.58. The molecule has 0 amide bonds. The Labute approximate surface area is 165 Å². The molecule has 6 rings (SSSR count). The summed E-state index contributed by atoms with van der Waals surface area (Å²) in [5.41, 5.74) is 10.7. The van der Waals surface area contributed by atoms with Gasteiger partial charge in [-0.25, -0.2) is 0 Å². The van der Waals surface area contributed by atoms with Gasteiger partial charge in [-0.1, -0.05) is 84.9 Å². The summed E-state index contributed by atoms with van der Waals surface area (Å²) < 4.78 is 0. The topological polar surface area (TPSA) is 3.24 Å². The van der Waals surface area contributed by atoms with E-state index in [1.165, 1.54) is 44.8 Å². The number of anilines is 2. The third-order valence-corrected chi connectivity index (χ3v) is 6.56. The van der Waals surface area contributed by atoms with Crippen LogP contribution in [0.25, 0.3) is 0 Å². The highest BCUT2D eigenvalue weighted by Gasteiger charge is 2.48. The second kappa shape index (κ2) is 5.59. The van der Waals surface area contributed by atoms with E-state index in [4.69, 9.17) is 0 Å². The van der Waals surface area contributed by atoms with E-state index in [1.807, 2.05) is 0 Å². The SMILES string of the molecule is CN1c2ccccc2C2(c3ccccc3Cc3ccccc32)c2ccccc21. The molecule has 28 heavy (non-hydrogen) atoms. The molecular weight excluding hydrogens is 338 g/mol. The molecule has 0 aromatic heterocycles. The van der Waals surface area contributed by atoms with E-state index in [-0.39, 0.29) is 5.41 Å². The molecule has 0 fully saturated rings. The van der Waals surface area contributed by atoms with Gasteiger partial charge >= 0.3 is 0 Å². The molecule has 0 unspecified atom stereocenters. The highest BCUT2D eigenvalue weighted by molar-refractivity contribution is 5.84. The van der Waals surface area contributed by atoms with Crippen LogP contribution < -0.4 is 4.90 Å². The van der Waals surface area contributed by atoms with Crippen molar-refractivity contribution in [3.63, 3.8) is 0 Å². The Bertz CT molecular complexity index is 1130. The summed E-state index contributed by atoms with van der Waals surface area (Å²) in [5.74, 6) is 0. The molecule has 4 aromatic rings. The fourth-order valence-corrected chi connectivity index (χ4v) is 5.45. The summed E-state index contributed by atoms with van der Waals surface area (Å²) in [6.45, 7) is 0. The lowest BCUT2D eigenvalue weighted by atomic mass is 9.58. The molecule has 0 N–H and O–H groups in total. The lowest BCUT2D eigenvalue weighted by Crippen LogP contribution is -2.41. The lowest BCUT2D eigenvalue weighted by Gasteiger charge is -2.48. The Morgan fingerprint density at radius 1 is 0.536 bits per heavy atom. The van der Waals surface area contributed by atoms with Gasteiger partial charge in [-0.2, -0.15) is 0 Å². The summed E-state index contributed by atoms with van der Waals surface area (Å²) in [7, 11) is 2.19. The monoisotopic (exact) mass is 359 g/mol. The molecule has 0 bridgehead atoms. The Morgan fingerprint density at radius 3 is 1.43 bits per heavy atom. The Hall–Kier alpha value is -3.32. The van der Waals surface area contributed by atoms with Crippen LogP contribution in [0, 0.1) is 0 Å². The zero-order valence-electron chi connectivity index (χ0n) is 15.9. The van der Waals surface area contributed by atoms with Crippen molar-refractivity contribution in [1.82, 2.24) is 0 Å². The maximum Gasteiger partial charge on any atom is 0.0747 e. The number of fused-ring (bicyclic) bond motifs is 8. The van der Waals surface area contributed by atoms with Crippen molar-refractivity contribution in [3.8, 4) is 0 Å². The van der Waals surface area contributed by atoms with Crippen LogP contribution in [0.4, 0.5) is 11.4 Å². The molecule has 0 radical (unpaired) electrons. The molecule has 0 saturated heterocycles. The van der Waals surface area contributed by atoms with Gasteiger partial charge in [-0.05, 0) is 51.9 Å². The molecular formula is C27H21N. The number of benzene rings is 4. The normalized spacial score (nSPS) is 15.4. The van der Waals surface area contributed by atoms with Gasteiger partial charge in [0.1, 0.15) is 0 Å². The molecule has 0 saturated carbocycles. The van der Waals surface area contributed by atoms with E-state index >= 15 is 0 Å². The average Bonchev–Trinajstić information content (AvgIpc) is 2.77. The van der Waals surface area contributed by atoms with Gasteiger partial charge in [-0.15, -0.1) is 0 Å². The summed E-state index contributed by atoms with van der Waals surface area (Å²) in [4.78, 5) is 2.34. The molecule has 1 aliphatic carbocycles. The highest BCUT2D eigenvalue weighted by atomic mass is 15.1. The van der Waals surface area contributed by atoms with Crippen LogP contribution >= 0.6 is 0 Å². The molecule has 1 heteroatoms. The Balaban J connectivity index is 1.86. The maximum atomic E-state index is 2.34. The summed E-state index contributed by atoms with van der Waals surface area (Å²) >= 11 is 0. The van der Waals surface area contributed by atoms with Gasteiger partial charge in [0.15, 0.2) is 0 Å². The average molecular weight is 359 g/mol. The first-order chi connectivity index (χ1) is 13.8. The summed E-state index contributed by atoms with van der Waals surface area (Å²) in [5, 5.41) is 0. The molecule has 134 valence electrons. The second-order valence-electron chi connectivity index (χ2n) is 7.83. The smallest absolute Gasteiger partial charge is 0.0747 e. The third kappa shape index (κ3) is 1.81. The minimum absolute atomic E-state index is 0.273. The molecule has 1 nitrogen and oxygen atoms in total. The first-order valence-electron chi connectivity index (χ1n) is 9.91. The van der Waals surface area contributed by atoms with Crippen molar-refractivity contribution in [3.05, 3.63) is 130 Å². The van der Waals surface area contributed by atoms with Crippen LogP contribution in [0.3, 0.4) is 0 Å². The zero-order chi connectivity index (χ0) is 18.7. The van der Waals surface area contributed by atoms with Crippen molar-refractivity contribution >= 4 is 11.4 Å². The van der Waals surface area contributed by atoms with E-state index in [0.29, 0.717) is 0 Å². The molecule has 1 heterocycles. The first kappa shape index (κ1) is 15.7. The van der Waals surface area contributed by atoms with Crippen LogP contribution in [-0.2, 0) is 11.8 Å². The van der Waals surface area contributed by atoms with Crippen LogP contribution in [0.5, 0.6) is 0 Å². The summed E-state index contributed by atoms with van der Waals surface area (Å²) in [6.07, 6.45) is 0.994. The molecule has 4 aromatic carbocycles. The molecule has 1 aliphatic heterocycles. The van der Waals surface area contributed by atoms with Crippen LogP contribution in [0.2, 0.25) is 0 Å². The van der Waals surface area contributed by atoms with Gasteiger partial charge in [0.25, 0.3) is 0 Å². The van der Waals surface area contributed by atoms with Crippen molar-refractivity contribution in [2.45, 2.75) is 11.8 Å². The van der Waals surface area contributed by atoms with Crippen molar-refractivity contribution in [1.29, 1.82) is 0 Å². The fraction of sp³-hybridized carbons (Fsp3) is 0.111. The lowest BCUT2D eigenvalue weighted by molar-refractivity contribution is 0.690. The van der Waals surface area contributed by atoms with Crippen molar-refractivity contribution in [2.75, 3.05) is 11.9 Å². The van der Waals surface area contributed by atoms with Crippen LogP contribution in [-0.4, -0.2) is 7.05 Å². The van der Waals surface area contributed by atoms with E-state index in [1.54, 1.807) is 0 Å². The van der Waals surface area contributed by atoms with E-state index in [2.05, 4.69) is 109 Å².